The second kappa shape index (κ2) is 10.1. The van der Waals surface area contributed by atoms with Crippen LogP contribution < -0.4 is 14.4 Å². The Labute approximate surface area is 236 Å². The first-order valence-electron chi connectivity index (χ1n) is 13.5. The van der Waals surface area contributed by atoms with E-state index in [1.165, 1.54) is 16.2 Å². The summed E-state index contributed by atoms with van der Waals surface area (Å²) in [5, 5.41) is 12.0. The van der Waals surface area contributed by atoms with Gasteiger partial charge in [0.2, 0.25) is 0 Å². The molecule has 7 nitrogen and oxygen atoms in total. The number of aliphatic hydroxyl groups is 1. The maximum Gasteiger partial charge on any atom is 0.301 e. The Morgan fingerprint density at radius 3 is 2.77 bits per heavy atom. The van der Waals surface area contributed by atoms with Gasteiger partial charge in [-0.3, -0.25) is 14.5 Å². The minimum Gasteiger partial charge on any atom is -0.507 e. The standard InChI is InChI=1S/C32H30N2O5S/c1-5-11-38-23-8-6-7-20(16-23)28-26(29(35)21-9-10-24-22(15-21)14-19(4)39-24)30(36)31(37)34(28)32-33-27-18(3)12-17(2)13-25(27)40-32/h6-10,12-13,15-16,19,28,35H,5,11,14H2,1-4H3. The average molecular weight is 555 g/mol. The van der Waals surface area contributed by atoms with Crippen LogP contribution in [0.5, 0.6) is 11.5 Å². The predicted molar refractivity (Wildman–Crippen MR) is 156 cm³/mol. The number of Topliss-reactive ketones (excluding diaryl/α,β-unsaturated/α-hetero) is 1. The molecule has 0 radical (unpaired) electrons. The van der Waals surface area contributed by atoms with Crippen LogP contribution in [0.15, 0.2) is 60.2 Å². The van der Waals surface area contributed by atoms with Crippen LogP contribution in [0, 0.1) is 13.8 Å². The lowest BCUT2D eigenvalue weighted by atomic mass is 9.94. The van der Waals surface area contributed by atoms with E-state index in [1.54, 1.807) is 12.1 Å². The number of nitrogens with zero attached hydrogens (tertiary/aromatic N) is 2. The molecular weight excluding hydrogens is 524 g/mol. The quantitative estimate of drug-likeness (QED) is 0.163. The topological polar surface area (TPSA) is 89.0 Å². The molecule has 1 aromatic heterocycles. The second-order valence-corrected chi connectivity index (χ2v) is 11.5. The first-order valence-corrected chi connectivity index (χ1v) is 14.3. The van der Waals surface area contributed by atoms with E-state index in [2.05, 4.69) is 0 Å². The third kappa shape index (κ3) is 4.42. The van der Waals surface area contributed by atoms with Gasteiger partial charge < -0.3 is 14.6 Å². The van der Waals surface area contributed by atoms with Gasteiger partial charge in [-0.05, 0) is 85.8 Å². The van der Waals surface area contributed by atoms with E-state index in [1.807, 2.05) is 70.2 Å². The first-order chi connectivity index (χ1) is 19.2. The largest absolute Gasteiger partial charge is 0.507 e. The van der Waals surface area contributed by atoms with Gasteiger partial charge in [-0.15, -0.1) is 0 Å². The summed E-state index contributed by atoms with van der Waals surface area (Å²) >= 11 is 1.36. The van der Waals surface area contributed by atoms with Crippen molar-refractivity contribution >= 4 is 44.1 Å². The van der Waals surface area contributed by atoms with E-state index in [0.29, 0.717) is 35.0 Å². The third-order valence-corrected chi connectivity index (χ3v) is 8.29. The highest BCUT2D eigenvalue weighted by atomic mass is 32.1. The highest BCUT2D eigenvalue weighted by Crippen LogP contribution is 2.45. The van der Waals surface area contributed by atoms with Crippen LogP contribution in [0.25, 0.3) is 16.0 Å². The van der Waals surface area contributed by atoms with E-state index in [4.69, 9.17) is 14.5 Å². The van der Waals surface area contributed by atoms with E-state index in [-0.39, 0.29) is 17.4 Å². The number of carbonyl (C=O) groups excluding carboxylic acids is 2. The molecule has 8 heteroatoms. The molecule has 40 heavy (non-hydrogen) atoms. The van der Waals surface area contributed by atoms with Gasteiger partial charge in [0.25, 0.3) is 5.78 Å². The number of aryl methyl sites for hydroxylation is 2. The summed E-state index contributed by atoms with van der Waals surface area (Å²) in [6.45, 7) is 8.55. The van der Waals surface area contributed by atoms with E-state index >= 15 is 0 Å². The fraction of sp³-hybridized carbons (Fsp3) is 0.281. The molecule has 1 N–H and O–H groups in total. The van der Waals surface area contributed by atoms with Crippen molar-refractivity contribution in [3.63, 3.8) is 0 Å². The number of aromatic nitrogens is 1. The van der Waals surface area contributed by atoms with Crippen LogP contribution in [0.3, 0.4) is 0 Å². The van der Waals surface area contributed by atoms with Crippen LogP contribution >= 0.6 is 11.3 Å². The molecule has 0 aliphatic carbocycles. The number of ketones is 1. The summed E-state index contributed by atoms with van der Waals surface area (Å²) in [6, 6.07) is 15.9. The summed E-state index contributed by atoms with van der Waals surface area (Å²) < 4.78 is 12.6. The van der Waals surface area contributed by atoms with Gasteiger partial charge in [0.1, 0.15) is 23.4 Å². The third-order valence-electron chi connectivity index (χ3n) is 7.29. The van der Waals surface area contributed by atoms with Gasteiger partial charge in [0.15, 0.2) is 5.13 Å². The number of carbonyl (C=O) groups is 2. The van der Waals surface area contributed by atoms with Gasteiger partial charge in [0.05, 0.1) is 28.4 Å². The highest BCUT2D eigenvalue weighted by molar-refractivity contribution is 7.22. The molecule has 0 bridgehead atoms. The maximum atomic E-state index is 13.7. The molecule has 0 saturated carbocycles. The molecule has 6 rings (SSSR count). The Morgan fingerprint density at radius 1 is 1.15 bits per heavy atom. The minimum absolute atomic E-state index is 0.0247. The molecular formula is C32H30N2O5S. The number of fused-ring (bicyclic) bond motifs is 2. The molecule has 4 aromatic rings. The summed E-state index contributed by atoms with van der Waals surface area (Å²) in [6.07, 6.45) is 1.58. The molecule has 1 amide bonds. The van der Waals surface area contributed by atoms with Gasteiger partial charge >= 0.3 is 5.91 Å². The molecule has 2 aliphatic heterocycles. The number of hydrogen-bond acceptors (Lipinski definition) is 7. The van der Waals surface area contributed by atoms with Crippen LogP contribution in [-0.4, -0.2) is 34.5 Å². The molecule has 2 aliphatic rings. The summed E-state index contributed by atoms with van der Waals surface area (Å²) in [5.41, 5.74) is 4.97. The molecule has 3 heterocycles. The number of hydrogen-bond donors (Lipinski definition) is 1. The number of ether oxygens (including phenoxy) is 2. The minimum atomic E-state index is -0.879. The number of benzene rings is 3. The van der Waals surface area contributed by atoms with Crippen LogP contribution in [0.2, 0.25) is 0 Å². The van der Waals surface area contributed by atoms with Gasteiger partial charge in [0, 0.05) is 12.0 Å². The van der Waals surface area contributed by atoms with Crippen molar-refractivity contribution in [2.75, 3.05) is 11.5 Å². The Kier molecular flexibility index (Phi) is 6.58. The van der Waals surface area contributed by atoms with Crippen LogP contribution in [0.4, 0.5) is 5.13 Å². The van der Waals surface area contributed by atoms with Crippen molar-refractivity contribution in [1.82, 2.24) is 4.98 Å². The van der Waals surface area contributed by atoms with E-state index < -0.39 is 17.7 Å². The predicted octanol–water partition coefficient (Wildman–Crippen LogP) is 6.65. The number of aliphatic hydroxyl groups excluding tert-OH is 1. The normalized spacial score (nSPS) is 19.8. The SMILES string of the molecule is CCCOc1cccc(C2C(=C(O)c3ccc4c(c3)CC(C)O4)C(=O)C(=O)N2c2nc3c(C)cc(C)cc3s2)c1. The van der Waals surface area contributed by atoms with Crippen LogP contribution in [0.1, 0.15) is 54.1 Å². The lowest BCUT2D eigenvalue weighted by molar-refractivity contribution is -0.132. The van der Waals surface area contributed by atoms with Gasteiger partial charge in [-0.1, -0.05) is 36.5 Å². The van der Waals surface area contributed by atoms with Gasteiger partial charge in [-0.25, -0.2) is 4.98 Å². The molecule has 0 spiro atoms. The van der Waals surface area contributed by atoms with Crippen LogP contribution in [-0.2, 0) is 16.0 Å². The lowest BCUT2D eigenvalue weighted by Crippen LogP contribution is -2.29. The summed E-state index contributed by atoms with van der Waals surface area (Å²) in [4.78, 5) is 33.6. The van der Waals surface area contributed by atoms with Crippen molar-refractivity contribution in [2.24, 2.45) is 0 Å². The smallest absolute Gasteiger partial charge is 0.301 e. The van der Waals surface area contributed by atoms with Crippen molar-refractivity contribution in [3.8, 4) is 11.5 Å². The zero-order valence-electron chi connectivity index (χ0n) is 22.9. The maximum absolute atomic E-state index is 13.7. The summed E-state index contributed by atoms with van der Waals surface area (Å²) in [7, 11) is 0. The number of anilines is 1. The molecule has 3 aromatic carbocycles. The fourth-order valence-electron chi connectivity index (χ4n) is 5.53. The number of amides is 1. The zero-order valence-corrected chi connectivity index (χ0v) is 23.7. The average Bonchev–Trinajstić information content (AvgIpc) is 3.59. The monoisotopic (exact) mass is 554 g/mol. The van der Waals surface area contributed by atoms with Gasteiger partial charge in [-0.2, -0.15) is 0 Å². The molecule has 1 fully saturated rings. The van der Waals surface area contributed by atoms with Crippen molar-refractivity contribution in [1.29, 1.82) is 0 Å². The van der Waals surface area contributed by atoms with Crippen molar-refractivity contribution in [3.05, 3.63) is 88.0 Å². The van der Waals surface area contributed by atoms with E-state index in [0.717, 1.165) is 39.1 Å². The molecule has 2 atom stereocenters. The Bertz CT molecular complexity index is 1700. The first kappa shape index (κ1) is 26.1. The number of thiazole rings is 1. The van der Waals surface area contributed by atoms with Crippen molar-refractivity contribution in [2.45, 2.75) is 52.7 Å². The Balaban J connectivity index is 1.53. The molecule has 204 valence electrons. The molecule has 2 unspecified atom stereocenters. The summed E-state index contributed by atoms with van der Waals surface area (Å²) in [5.74, 6) is -0.301. The lowest BCUT2D eigenvalue weighted by Gasteiger charge is -2.23. The van der Waals surface area contributed by atoms with Crippen molar-refractivity contribution < 1.29 is 24.2 Å². The fourth-order valence-corrected chi connectivity index (χ4v) is 6.69. The van der Waals surface area contributed by atoms with E-state index in [9.17, 15) is 14.7 Å². The second-order valence-electron chi connectivity index (χ2n) is 10.5. The Morgan fingerprint density at radius 2 is 1.98 bits per heavy atom. The Hall–Kier alpha value is -4.17. The highest BCUT2D eigenvalue weighted by Gasteiger charge is 2.48. The molecule has 1 saturated heterocycles. The number of rotatable bonds is 6. The zero-order chi connectivity index (χ0) is 28.1.